The highest BCUT2D eigenvalue weighted by atomic mass is 16.5. The van der Waals surface area contributed by atoms with Gasteiger partial charge in [0.05, 0.1) is 18.8 Å². The van der Waals surface area contributed by atoms with E-state index in [-0.39, 0.29) is 5.91 Å². The van der Waals surface area contributed by atoms with E-state index in [1.165, 1.54) is 10.8 Å². The lowest BCUT2D eigenvalue weighted by Crippen LogP contribution is -2.26. The Kier molecular flexibility index (Phi) is 5.27. The molecule has 0 atom stereocenters. The number of rotatable bonds is 4. The van der Waals surface area contributed by atoms with Gasteiger partial charge in [-0.3, -0.25) is 9.48 Å². The Hall–Kier alpha value is -3.80. The number of hydrogen-bond acceptors (Lipinski definition) is 4. The fraction of sp³-hybridized carbons (Fsp3) is 0.231. The molecule has 0 fully saturated rings. The largest absolute Gasteiger partial charge is 0.490 e. The molecule has 0 unspecified atom stereocenters. The van der Waals surface area contributed by atoms with Crippen LogP contribution in [0.3, 0.4) is 0 Å². The number of amides is 1. The maximum Gasteiger partial charge on any atom is 0.257 e. The first-order chi connectivity index (χ1) is 15.6. The van der Waals surface area contributed by atoms with Crippen molar-refractivity contribution < 1.29 is 14.3 Å². The number of fused-ring (bicyclic) bond motifs is 2. The van der Waals surface area contributed by atoms with E-state index in [9.17, 15) is 4.79 Å². The molecule has 1 amide bonds. The van der Waals surface area contributed by atoms with Gasteiger partial charge >= 0.3 is 0 Å². The first kappa shape index (κ1) is 20.1. The van der Waals surface area contributed by atoms with Crippen molar-refractivity contribution in [2.24, 2.45) is 7.05 Å². The molecule has 0 spiro atoms. The minimum atomic E-state index is -0.0756. The van der Waals surface area contributed by atoms with Crippen molar-refractivity contribution >= 4 is 16.7 Å². The van der Waals surface area contributed by atoms with Crippen molar-refractivity contribution in [3.63, 3.8) is 0 Å². The van der Waals surface area contributed by atoms with Gasteiger partial charge in [0.2, 0.25) is 0 Å². The topological polar surface area (TPSA) is 56.6 Å². The standard InChI is InChI=1S/C26H25N3O3/c1-28(16-18-8-9-19-6-3-4-7-20(19)14-18)26(30)22-17-29(2)27-25(22)21-10-11-23-24(15-21)32-13-5-12-31-23/h3-4,6-11,14-15,17H,5,12-13,16H2,1-2H3. The SMILES string of the molecule is CN(Cc1ccc2ccccc2c1)C(=O)c1cn(C)nc1-c1ccc2c(c1)OCCCO2. The molecule has 0 N–H and O–H groups in total. The van der Waals surface area contributed by atoms with Crippen LogP contribution in [0.1, 0.15) is 22.3 Å². The van der Waals surface area contributed by atoms with E-state index in [2.05, 4.69) is 35.4 Å². The molecule has 32 heavy (non-hydrogen) atoms. The third-order valence-corrected chi connectivity index (χ3v) is 5.66. The minimum Gasteiger partial charge on any atom is -0.490 e. The van der Waals surface area contributed by atoms with Gasteiger partial charge in [0, 0.05) is 38.8 Å². The van der Waals surface area contributed by atoms with Crippen molar-refractivity contribution in [2.75, 3.05) is 20.3 Å². The maximum absolute atomic E-state index is 13.4. The molecule has 2 heterocycles. The quantitative estimate of drug-likeness (QED) is 0.475. The molecular formula is C26H25N3O3. The fourth-order valence-corrected chi connectivity index (χ4v) is 4.06. The van der Waals surface area contributed by atoms with Gasteiger partial charge in [-0.05, 0) is 40.6 Å². The maximum atomic E-state index is 13.4. The molecular weight excluding hydrogens is 402 g/mol. The molecule has 6 nitrogen and oxygen atoms in total. The van der Waals surface area contributed by atoms with Gasteiger partial charge in [-0.2, -0.15) is 5.10 Å². The molecule has 4 aromatic rings. The number of aromatic nitrogens is 2. The van der Waals surface area contributed by atoms with Gasteiger partial charge in [0.25, 0.3) is 5.91 Å². The lowest BCUT2D eigenvalue weighted by molar-refractivity contribution is 0.0786. The van der Waals surface area contributed by atoms with Crippen LogP contribution in [0.4, 0.5) is 0 Å². The molecule has 162 valence electrons. The van der Waals surface area contributed by atoms with Crippen molar-refractivity contribution in [2.45, 2.75) is 13.0 Å². The van der Waals surface area contributed by atoms with Crippen LogP contribution in [0, 0.1) is 0 Å². The van der Waals surface area contributed by atoms with Crippen LogP contribution in [-0.4, -0.2) is 40.8 Å². The number of aryl methyl sites for hydroxylation is 1. The van der Waals surface area contributed by atoms with Crippen LogP contribution in [0.2, 0.25) is 0 Å². The first-order valence-electron chi connectivity index (χ1n) is 10.8. The highest BCUT2D eigenvalue weighted by molar-refractivity contribution is 5.99. The van der Waals surface area contributed by atoms with Crippen molar-refractivity contribution in [3.8, 4) is 22.8 Å². The van der Waals surface area contributed by atoms with Crippen molar-refractivity contribution in [1.29, 1.82) is 0 Å². The Morgan fingerprint density at radius 3 is 2.62 bits per heavy atom. The number of carbonyl (C=O) groups is 1. The predicted molar refractivity (Wildman–Crippen MR) is 124 cm³/mol. The summed E-state index contributed by atoms with van der Waals surface area (Å²) in [7, 11) is 3.65. The number of benzene rings is 3. The zero-order valence-corrected chi connectivity index (χ0v) is 18.2. The second-order valence-electron chi connectivity index (χ2n) is 8.12. The summed E-state index contributed by atoms with van der Waals surface area (Å²) >= 11 is 0. The molecule has 5 rings (SSSR count). The number of ether oxygens (including phenoxy) is 2. The summed E-state index contributed by atoms with van der Waals surface area (Å²) in [5, 5.41) is 6.93. The van der Waals surface area contributed by atoms with Gasteiger partial charge in [-0.15, -0.1) is 0 Å². The molecule has 0 radical (unpaired) electrons. The van der Waals surface area contributed by atoms with E-state index in [1.807, 2.05) is 44.4 Å². The van der Waals surface area contributed by atoms with Gasteiger partial charge < -0.3 is 14.4 Å². The molecule has 0 saturated carbocycles. The fourth-order valence-electron chi connectivity index (χ4n) is 4.06. The number of hydrogen-bond donors (Lipinski definition) is 0. The summed E-state index contributed by atoms with van der Waals surface area (Å²) in [4.78, 5) is 15.1. The molecule has 0 saturated heterocycles. The summed E-state index contributed by atoms with van der Waals surface area (Å²) in [6.45, 7) is 1.76. The van der Waals surface area contributed by atoms with Crippen LogP contribution in [0.25, 0.3) is 22.0 Å². The first-order valence-corrected chi connectivity index (χ1v) is 10.8. The van der Waals surface area contributed by atoms with Crippen molar-refractivity contribution in [3.05, 3.63) is 78.0 Å². The molecule has 0 bridgehead atoms. The van der Waals surface area contributed by atoms with E-state index in [1.54, 1.807) is 15.8 Å². The van der Waals surface area contributed by atoms with E-state index < -0.39 is 0 Å². The zero-order chi connectivity index (χ0) is 22.1. The van der Waals surface area contributed by atoms with Crippen LogP contribution in [-0.2, 0) is 13.6 Å². The Bertz CT molecular complexity index is 1290. The van der Waals surface area contributed by atoms with Gasteiger partial charge in [0.15, 0.2) is 11.5 Å². The van der Waals surface area contributed by atoms with Crippen LogP contribution >= 0.6 is 0 Å². The number of carbonyl (C=O) groups excluding carboxylic acids is 1. The van der Waals surface area contributed by atoms with Gasteiger partial charge in [-0.1, -0.05) is 36.4 Å². The monoisotopic (exact) mass is 427 g/mol. The predicted octanol–water partition coefficient (Wildman–Crippen LogP) is 4.67. The Morgan fingerprint density at radius 1 is 1.00 bits per heavy atom. The van der Waals surface area contributed by atoms with E-state index >= 15 is 0 Å². The van der Waals surface area contributed by atoms with Gasteiger partial charge in [0.1, 0.15) is 5.69 Å². The Balaban J connectivity index is 1.42. The van der Waals surface area contributed by atoms with Gasteiger partial charge in [-0.25, -0.2) is 0 Å². The lowest BCUT2D eigenvalue weighted by Gasteiger charge is -2.18. The summed E-state index contributed by atoms with van der Waals surface area (Å²) in [6, 6.07) is 20.2. The Morgan fingerprint density at radius 2 is 1.78 bits per heavy atom. The highest BCUT2D eigenvalue weighted by Crippen LogP contribution is 2.35. The lowest BCUT2D eigenvalue weighted by atomic mass is 10.1. The summed E-state index contributed by atoms with van der Waals surface area (Å²) in [5.74, 6) is 1.34. The average Bonchev–Trinajstić information content (AvgIpc) is 3.04. The summed E-state index contributed by atoms with van der Waals surface area (Å²) < 4.78 is 13.2. The smallest absolute Gasteiger partial charge is 0.257 e. The third kappa shape index (κ3) is 3.91. The van der Waals surface area contributed by atoms with E-state index in [4.69, 9.17) is 9.47 Å². The van der Waals surface area contributed by atoms with Crippen LogP contribution in [0.5, 0.6) is 11.5 Å². The minimum absolute atomic E-state index is 0.0756. The number of nitrogens with zero attached hydrogens (tertiary/aromatic N) is 3. The average molecular weight is 428 g/mol. The summed E-state index contributed by atoms with van der Waals surface area (Å²) in [6.07, 6.45) is 2.62. The van der Waals surface area contributed by atoms with Crippen molar-refractivity contribution in [1.82, 2.24) is 14.7 Å². The third-order valence-electron chi connectivity index (χ3n) is 5.66. The van der Waals surface area contributed by atoms with E-state index in [0.717, 1.165) is 23.3 Å². The Labute approximate surface area is 187 Å². The molecule has 1 aliphatic rings. The highest BCUT2D eigenvalue weighted by Gasteiger charge is 2.22. The molecule has 1 aromatic heterocycles. The van der Waals surface area contributed by atoms with Crippen LogP contribution < -0.4 is 9.47 Å². The molecule has 1 aliphatic heterocycles. The van der Waals surface area contributed by atoms with Crippen LogP contribution in [0.15, 0.2) is 66.9 Å². The zero-order valence-electron chi connectivity index (χ0n) is 18.2. The second kappa shape index (κ2) is 8.38. The van der Waals surface area contributed by atoms with E-state index in [0.29, 0.717) is 36.8 Å². The molecule has 3 aromatic carbocycles. The summed E-state index contributed by atoms with van der Waals surface area (Å²) in [5.41, 5.74) is 3.11. The normalized spacial score (nSPS) is 13.1. The second-order valence-corrected chi connectivity index (χ2v) is 8.12. The molecule has 6 heteroatoms. The molecule has 0 aliphatic carbocycles.